The van der Waals surface area contributed by atoms with Crippen molar-refractivity contribution in [3.05, 3.63) is 23.8 Å². The number of nitrogens with zero attached hydrogens (tertiary/aromatic N) is 1. The van der Waals surface area contributed by atoms with Gasteiger partial charge >= 0.3 is 0 Å². The zero-order valence-electron chi connectivity index (χ0n) is 12.6. The third-order valence-electron chi connectivity index (χ3n) is 4.59. The summed E-state index contributed by atoms with van der Waals surface area (Å²) < 4.78 is 27.7. The van der Waals surface area contributed by atoms with Gasteiger partial charge in [0.05, 0.1) is 4.90 Å². The Hall–Kier alpha value is -1.07. The molecule has 1 fully saturated rings. The quantitative estimate of drug-likeness (QED) is 0.930. The van der Waals surface area contributed by atoms with Gasteiger partial charge in [-0.15, -0.1) is 0 Å². The Balaban J connectivity index is 1.91. The molecule has 1 aromatic carbocycles. The van der Waals surface area contributed by atoms with Crippen LogP contribution in [0.15, 0.2) is 23.1 Å². The van der Waals surface area contributed by atoms with E-state index in [4.69, 9.17) is 0 Å². The molecule has 0 saturated carbocycles. The summed E-state index contributed by atoms with van der Waals surface area (Å²) in [6.07, 6.45) is 6.09. The number of hydrogen-bond acceptors (Lipinski definition) is 3. The first-order valence-corrected chi connectivity index (χ1v) is 9.45. The molecule has 3 rings (SSSR count). The molecule has 0 aliphatic carbocycles. The number of benzene rings is 1. The van der Waals surface area contributed by atoms with Crippen LogP contribution in [0.25, 0.3) is 0 Å². The van der Waals surface area contributed by atoms with Crippen molar-refractivity contribution in [1.29, 1.82) is 0 Å². The highest BCUT2D eigenvalue weighted by atomic mass is 32.2. The molecule has 0 bridgehead atoms. The van der Waals surface area contributed by atoms with Crippen LogP contribution in [0, 0.1) is 0 Å². The molecule has 4 nitrogen and oxygen atoms in total. The largest absolute Gasteiger partial charge is 0.384 e. The third kappa shape index (κ3) is 2.81. The highest BCUT2D eigenvalue weighted by Gasteiger charge is 2.33. The summed E-state index contributed by atoms with van der Waals surface area (Å²) in [6.45, 7) is 3.69. The molecular weight excluding hydrogens is 284 g/mol. The smallest absolute Gasteiger partial charge is 0.243 e. The zero-order chi connectivity index (χ0) is 14.9. The number of anilines is 1. The van der Waals surface area contributed by atoms with Gasteiger partial charge in [-0.2, -0.15) is 4.31 Å². The molecule has 1 unspecified atom stereocenters. The first-order chi connectivity index (χ1) is 10.1. The van der Waals surface area contributed by atoms with Gasteiger partial charge in [0.15, 0.2) is 0 Å². The van der Waals surface area contributed by atoms with Gasteiger partial charge in [-0.1, -0.05) is 25.8 Å². The van der Waals surface area contributed by atoms with Crippen LogP contribution >= 0.6 is 0 Å². The van der Waals surface area contributed by atoms with E-state index in [0.717, 1.165) is 50.8 Å². The molecule has 0 radical (unpaired) electrons. The van der Waals surface area contributed by atoms with Crippen LogP contribution in [-0.4, -0.2) is 31.9 Å². The molecule has 0 amide bonds. The maximum Gasteiger partial charge on any atom is 0.243 e. The van der Waals surface area contributed by atoms with Gasteiger partial charge in [-0.25, -0.2) is 8.42 Å². The number of nitrogens with one attached hydrogen (secondary N) is 1. The van der Waals surface area contributed by atoms with Gasteiger partial charge in [0.2, 0.25) is 10.0 Å². The Morgan fingerprint density at radius 2 is 2.19 bits per heavy atom. The molecular formula is C16H24N2O2S. The molecule has 1 atom stereocenters. The average molecular weight is 308 g/mol. The van der Waals surface area contributed by atoms with Gasteiger partial charge in [-0.3, -0.25) is 0 Å². The summed E-state index contributed by atoms with van der Waals surface area (Å²) >= 11 is 0. The third-order valence-corrected chi connectivity index (χ3v) is 6.54. The molecule has 21 heavy (non-hydrogen) atoms. The predicted octanol–water partition coefficient (Wildman–Crippen LogP) is 3.00. The molecule has 0 aromatic heterocycles. The summed E-state index contributed by atoms with van der Waals surface area (Å²) in [5.41, 5.74) is 2.21. The highest BCUT2D eigenvalue weighted by molar-refractivity contribution is 7.89. The van der Waals surface area contributed by atoms with Crippen molar-refractivity contribution in [2.75, 3.05) is 18.4 Å². The standard InChI is InChI=1S/C16H24N2O2S/c1-2-5-14-6-3-4-11-18(14)21(19,20)15-8-7-13-9-10-17-16(13)12-15/h7-8,12,14,17H,2-6,9-11H2,1H3. The Morgan fingerprint density at radius 3 is 3.00 bits per heavy atom. The lowest BCUT2D eigenvalue weighted by atomic mass is 10.0. The van der Waals surface area contributed by atoms with Crippen molar-refractivity contribution in [3.8, 4) is 0 Å². The second-order valence-electron chi connectivity index (χ2n) is 6.05. The van der Waals surface area contributed by atoms with Gasteiger partial charge in [-0.05, 0) is 43.4 Å². The maximum absolute atomic E-state index is 13.0. The molecule has 2 aliphatic heterocycles. The van der Waals surface area contributed by atoms with E-state index < -0.39 is 10.0 Å². The van der Waals surface area contributed by atoms with Gasteiger partial charge in [0, 0.05) is 24.8 Å². The van der Waals surface area contributed by atoms with Crippen LogP contribution in [0.1, 0.15) is 44.6 Å². The van der Waals surface area contributed by atoms with E-state index in [1.807, 2.05) is 12.1 Å². The summed E-state index contributed by atoms with van der Waals surface area (Å²) in [5, 5.41) is 3.27. The van der Waals surface area contributed by atoms with E-state index in [2.05, 4.69) is 12.2 Å². The van der Waals surface area contributed by atoms with E-state index >= 15 is 0 Å². The van der Waals surface area contributed by atoms with Crippen molar-refractivity contribution in [2.24, 2.45) is 0 Å². The Morgan fingerprint density at radius 1 is 1.33 bits per heavy atom. The van der Waals surface area contributed by atoms with Crippen molar-refractivity contribution in [3.63, 3.8) is 0 Å². The van der Waals surface area contributed by atoms with E-state index in [1.54, 1.807) is 10.4 Å². The number of hydrogen-bond donors (Lipinski definition) is 1. The molecule has 1 aromatic rings. The minimum absolute atomic E-state index is 0.176. The Labute approximate surface area is 127 Å². The predicted molar refractivity (Wildman–Crippen MR) is 85.1 cm³/mol. The van der Waals surface area contributed by atoms with Gasteiger partial charge in [0.25, 0.3) is 0 Å². The van der Waals surface area contributed by atoms with Crippen LogP contribution in [0.5, 0.6) is 0 Å². The number of piperidine rings is 1. The van der Waals surface area contributed by atoms with E-state index in [0.29, 0.717) is 11.4 Å². The van der Waals surface area contributed by atoms with E-state index in [-0.39, 0.29) is 6.04 Å². The Bertz CT molecular complexity index is 611. The molecule has 1 N–H and O–H groups in total. The molecule has 2 heterocycles. The lowest BCUT2D eigenvalue weighted by Crippen LogP contribution is -2.43. The van der Waals surface area contributed by atoms with Crippen molar-refractivity contribution < 1.29 is 8.42 Å². The average Bonchev–Trinajstić information content (AvgIpc) is 2.95. The normalized spacial score (nSPS) is 22.8. The number of fused-ring (bicyclic) bond motifs is 1. The van der Waals surface area contributed by atoms with Gasteiger partial charge in [0.1, 0.15) is 0 Å². The van der Waals surface area contributed by atoms with Crippen molar-refractivity contribution in [2.45, 2.75) is 56.4 Å². The fourth-order valence-electron chi connectivity index (χ4n) is 3.48. The molecule has 1 saturated heterocycles. The lowest BCUT2D eigenvalue weighted by molar-refractivity contribution is 0.239. The molecule has 2 aliphatic rings. The van der Waals surface area contributed by atoms with Crippen LogP contribution < -0.4 is 5.32 Å². The SMILES string of the molecule is CCCC1CCCCN1S(=O)(=O)c1ccc2c(c1)NCC2. The lowest BCUT2D eigenvalue weighted by Gasteiger charge is -2.34. The molecule has 116 valence electrons. The first-order valence-electron chi connectivity index (χ1n) is 8.01. The first kappa shape index (κ1) is 14.9. The number of sulfonamides is 1. The van der Waals surface area contributed by atoms with E-state index in [9.17, 15) is 8.42 Å². The summed E-state index contributed by atoms with van der Waals surface area (Å²) in [6, 6.07) is 5.73. The second kappa shape index (κ2) is 5.97. The van der Waals surface area contributed by atoms with Crippen LogP contribution in [0.3, 0.4) is 0 Å². The maximum atomic E-state index is 13.0. The fraction of sp³-hybridized carbons (Fsp3) is 0.625. The molecule has 0 spiro atoms. The monoisotopic (exact) mass is 308 g/mol. The van der Waals surface area contributed by atoms with Crippen molar-refractivity contribution >= 4 is 15.7 Å². The fourth-order valence-corrected chi connectivity index (χ4v) is 5.23. The molecule has 5 heteroatoms. The number of rotatable bonds is 4. The minimum Gasteiger partial charge on any atom is -0.384 e. The second-order valence-corrected chi connectivity index (χ2v) is 7.94. The van der Waals surface area contributed by atoms with Crippen molar-refractivity contribution in [1.82, 2.24) is 4.31 Å². The minimum atomic E-state index is -3.36. The topological polar surface area (TPSA) is 49.4 Å². The van der Waals surface area contributed by atoms with Crippen LogP contribution in [0.4, 0.5) is 5.69 Å². The highest BCUT2D eigenvalue weighted by Crippen LogP contribution is 2.31. The van der Waals surface area contributed by atoms with E-state index in [1.165, 1.54) is 5.56 Å². The van der Waals surface area contributed by atoms with Crippen LogP contribution in [0.2, 0.25) is 0 Å². The van der Waals surface area contributed by atoms with Gasteiger partial charge < -0.3 is 5.32 Å². The summed E-state index contributed by atoms with van der Waals surface area (Å²) in [5.74, 6) is 0. The summed E-state index contributed by atoms with van der Waals surface area (Å²) in [4.78, 5) is 0.443. The Kier molecular flexibility index (Phi) is 4.22. The zero-order valence-corrected chi connectivity index (χ0v) is 13.5. The summed E-state index contributed by atoms with van der Waals surface area (Å²) in [7, 11) is -3.36. The van der Waals surface area contributed by atoms with Crippen LogP contribution in [-0.2, 0) is 16.4 Å².